The van der Waals surface area contributed by atoms with E-state index < -0.39 is 0 Å². The van der Waals surface area contributed by atoms with Gasteiger partial charge in [0.1, 0.15) is 0 Å². The normalized spacial score (nSPS) is 24.5. The van der Waals surface area contributed by atoms with E-state index in [-0.39, 0.29) is 5.41 Å². The van der Waals surface area contributed by atoms with Crippen LogP contribution in [-0.2, 0) is 0 Å². The minimum Gasteiger partial charge on any atom is -0.339 e. The maximum Gasteiger partial charge on any atom is 0.225 e. The van der Waals surface area contributed by atoms with Crippen LogP contribution in [0.15, 0.2) is 12.4 Å². The second kappa shape index (κ2) is 3.74. The molecule has 2 rings (SSSR count). The molecule has 3 nitrogen and oxygen atoms in total. The van der Waals surface area contributed by atoms with Crippen LogP contribution in [0.25, 0.3) is 0 Å². The lowest BCUT2D eigenvalue weighted by Gasteiger charge is -2.20. The minimum absolute atomic E-state index is 0.286. The number of rotatable bonds is 1. The van der Waals surface area contributed by atoms with Crippen molar-refractivity contribution in [2.24, 2.45) is 5.41 Å². The van der Waals surface area contributed by atoms with Crippen LogP contribution >= 0.6 is 15.9 Å². The quantitative estimate of drug-likeness (QED) is 0.734. The fourth-order valence-corrected chi connectivity index (χ4v) is 2.29. The first kappa shape index (κ1) is 10.9. The van der Waals surface area contributed by atoms with Gasteiger partial charge in [-0.1, -0.05) is 29.8 Å². The molecule has 1 aromatic heterocycles. The van der Waals surface area contributed by atoms with E-state index in [2.05, 4.69) is 44.6 Å². The Kier molecular flexibility index (Phi) is 2.71. The molecule has 1 aromatic rings. The van der Waals surface area contributed by atoms with Crippen LogP contribution < -0.4 is 4.90 Å². The lowest BCUT2D eigenvalue weighted by Crippen LogP contribution is -2.24. The predicted octanol–water partition coefficient (Wildman–Crippen LogP) is 2.39. The van der Waals surface area contributed by atoms with Crippen molar-refractivity contribution in [3.63, 3.8) is 0 Å². The summed E-state index contributed by atoms with van der Waals surface area (Å²) in [4.78, 5) is 11.5. The van der Waals surface area contributed by atoms with Crippen LogP contribution in [-0.4, -0.2) is 27.9 Å². The molecule has 1 saturated heterocycles. The molecule has 1 atom stereocenters. The molecule has 0 radical (unpaired) electrons. The molecule has 1 aliphatic rings. The Morgan fingerprint density at radius 3 is 2.47 bits per heavy atom. The number of hydrogen-bond donors (Lipinski definition) is 0. The average Bonchev–Trinajstić information content (AvgIpc) is 2.42. The van der Waals surface area contributed by atoms with Gasteiger partial charge in [-0.05, 0) is 17.9 Å². The molecule has 4 heteroatoms. The Hall–Kier alpha value is -0.640. The van der Waals surface area contributed by atoms with Crippen molar-refractivity contribution in [1.82, 2.24) is 9.97 Å². The van der Waals surface area contributed by atoms with Crippen molar-refractivity contribution in [2.75, 3.05) is 18.0 Å². The Morgan fingerprint density at radius 2 is 2.00 bits per heavy atom. The molecule has 15 heavy (non-hydrogen) atoms. The van der Waals surface area contributed by atoms with Gasteiger partial charge in [0.15, 0.2) is 0 Å². The summed E-state index contributed by atoms with van der Waals surface area (Å²) in [6.07, 6.45) is 3.74. The zero-order valence-corrected chi connectivity index (χ0v) is 11.0. The van der Waals surface area contributed by atoms with Gasteiger partial charge < -0.3 is 4.90 Å². The third-order valence-electron chi connectivity index (χ3n) is 2.88. The Bertz CT molecular complexity index is 347. The molecule has 0 saturated carbocycles. The SMILES string of the molecule is Cc1cnc(N2CC(Br)C(C)(C)C2)nc1. The van der Waals surface area contributed by atoms with Gasteiger partial charge in [0.25, 0.3) is 0 Å². The van der Waals surface area contributed by atoms with Crippen molar-refractivity contribution in [3.8, 4) is 0 Å². The summed E-state index contributed by atoms with van der Waals surface area (Å²) in [6, 6.07) is 0. The van der Waals surface area contributed by atoms with E-state index in [1.165, 1.54) is 0 Å². The maximum absolute atomic E-state index is 4.35. The minimum atomic E-state index is 0.286. The predicted molar refractivity (Wildman–Crippen MR) is 65.5 cm³/mol. The van der Waals surface area contributed by atoms with Crippen molar-refractivity contribution < 1.29 is 0 Å². The van der Waals surface area contributed by atoms with Gasteiger partial charge in [0.2, 0.25) is 5.95 Å². The first-order valence-electron chi connectivity index (χ1n) is 5.17. The average molecular weight is 270 g/mol. The molecule has 1 unspecified atom stereocenters. The molecular weight excluding hydrogens is 254 g/mol. The molecule has 0 N–H and O–H groups in total. The van der Waals surface area contributed by atoms with Crippen molar-refractivity contribution in [3.05, 3.63) is 18.0 Å². The van der Waals surface area contributed by atoms with E-state index in [0.29, 0.717) is 4.83 Å². The van der Waals surface area contributed by atoms with Gasteiger partial charge >= 0.3 is 0 Å². The highest BCUT2D eigenvalue weighted by atomic mass is 79.9. The molecule has 82 valence electrons. The standard InChI is InChI=1S/C11H16BrN3/c1-8-4-13-10(14-5-8)15-6-9(12)11(2,3)7-15/h4-5,9H,6-7H2,1-3H3. The summed E-state index contributed by atoms with van der Waals surface area (Å²) in [5.74, 6) is 0.843. The smallest absolute Gasteiger partial charge is 0.225 e. The van der Waals surface area contributed by atoms with Crippen LogP contribution in [0.2, 0.25) is 0 Å². The van der Waals surface area contributed by atoms with E-state index in [4.69, 9.17) is 0 Å². The Labute approximate surface area is 99.0 Å². The summed E-state index contributed by atoms with van der Waals surface area (Å²) in [7, 11) is 0. The highest BCUT2D eigenvalue weighted by molar-refractivity contribution is 9.09. The number of alkyl halides is 1. The lowest BCUT2D eigenvalue weighted by atomic mass is 9.93. The fourth-order valence-electron chi connectivity index (χ4n) is 1.80. The highest BCUT2D eigenvalue weighted by Crippen LogP contribution is 2.35. The van der Waals surface area contributed by atoms with E-state index in [9.17, 15) is 0 Å². The second-order valence-corrected chi connectivity index (χ2v) is 6.00. The molecule has 0 bridgehead atoms. The number of hydrogen-bond acceptors (Lipinski definition) is 3. The number of aromatic nitrogens is 2. The van der Waals surface area contributed by atoms with Crippen LogP contribution in [0.4, 0.5) is 5.95 Å². The lowest BCUT2D eigenvalue weighted by molar-refractivity contribution is 0.434. The summed E-state index contributed by atoms with van der Waals surface area (Å²) in [5, 5.41) is 0. The number of nitrogens with zero attached hydrogens (tertiary/aromatic N) is 3. The second-order valence-electron chi connectivity index (χ2n) is 4.90. The third kappa shape index (κ3) is 2.14. The van der Waals surface area contributed by atoms with E-state index in [1.54, 1.807) is 0 Å². The van der Waals surface area contributed by atoms with Gasteiger partial charge in [0.05, 0.1) is 0 Å². The first-order chi connectivity index (χ1) is 6.99. The van der Waals surface area contributed by atoms with Gasteiger partial charge in [0, 0.05) is 30.3 Å². The summed E-state index contributed by atoms with van der Waals surface area (Å²) >= 11 is 3.71. The van der Waals surface area contributed by atoms with Crippen LogP contribution in [0.3, 0.4) is 0 Å². The third-order valence-corrected chi connectivity index (χ3v) is 4.41. The molecule has 1 fully saturated rings. The Morgan fingerprint density at radius 1 is 1.40 bits per heavy atom. The fraction of sp³-hybridized carbons (Fsp3) is 0.636. The highest BCUT2D eigenvalue weighted by Gasteiger charge is 2.38. The largest absolute Gasteiger partial charge is 0.339 e. The van der Waals surface area contributed by atoms with Gasteiger partial charge in [-0.25, -0.2) is 9.97 Å². The number of aryl methyl sites for hydroxylation is 1. The summed E-state index contributed by atoms with van der Waals surface area (Å²) in [6.45, 7) is 8.52. The van der Waals surface area contributed by atoms with Gasteiger partial charge in [-0.3, -0.25) is 0 Å². The monoisotopic (exact) mass is 269 g/mol. The molecule has 0 spiro atoms. The number of anilines is 1. The van der Waals surface area contributed by atoms with Crippen molar-refractivity contribution in [1.29, 1.82) is 0 Å². The summed E-state index contributed by atoms with van der Waals surface area (Å²) < 4.78 is 0. The van der Waals surface area contributed by atoms with Gasteiger partial charge in [-0.15, -0.1) is 0 Å². The molecular formula is C11H16BrN3. The van der Waals surface area contributed by atoms with E-state index in [1.807, 2.05) is 19.3 Å². The molecule has 1 aliphatic heterocycles. The van der Waals surface area contributed by atoms with Crippen LogP contribution in [0.5, 0.6) is 0 Å². The molecule has 0 amide bonds. The molecule has 0 aliphatic carbocycles. The van der Waals surface area contributed by atoms with Crippen molar-refractivity contribution in [2.45, 2.75) is 25.6 Å². The zero-order chi connectivity index (χ0) is 11.1. The molecule has 2 heterocycles. The van der Waals surface area contributed by atoms with Crippen LogP contribution in [0, 0.1) is 12.3 Å². The zero-order valence-electron chi connectivity index (χ0n) is 9.37. The van der Waals surface area contributed by atoms with Crippen molar-refractivity contribution >= 4 is 21.9 Å². The van der Waals surface area contributed by atoms with Crippen LogP contribution in [0.1, 0.15) is 19.4 Å². The van der Waals surface area contributed by atoms with E-state index in [0.717, 1.165) is 24.6 Å². The molecule has 0 aromatic carbocycles. The summed E-state index contributed by atoms with van der Waals surface area (Å²) in [5.41, 5.74) is 1.39. The number of halogens is 1. The first-order valence-corrected chi connectivity index (χ1v) is 6.08. The maximum atomic E-state index is 4.35. The van der Waals surface area contributed by atoms with E-state index >= 15 is 0 Å². The van der Waals surface area contributed by atoms with Gasteiger partial charge in [-0.2, -0.15) is 0 Å². The topological polar surface area (TPSA) is 29.0 Å². The Balaban J connectivity index is 2.17.